The average Bonchev–Trinajstić information content (AvgIpc) is 2.02. The smallest absolute Gasteiger partial charge is 0.0545 e. The van der Waals surface area contributed by atoms with Gasteiger partial charge in [-0.2, -0.15) is 0 Å². The third-order valence-electron chi connectivity index (χ3n) is 3.15. The maximum absolute atomic E-state index is 5.26. The van der Waals surface area contributed by atoms with Crippen molar-refractivity contribution in [3.63, 3.8) is 0 Å². The molecule has 0 spiro atoms. The molecular formula is C9H17NO. The highest BCUT2D eigenvalue weighted by atomic mass is 16.5. The van der Waals surface area contributed by atoms with Crippen LogP contribution in [0.3, 0.4) is 0 Å². The summed E-state index contributed by atoms with van der Waals surface area (Å²) < 4.78 is 5.26. The van der Waals surface area contributed by atoms with E-state index in [2.05, 4.69) is 12.2 Å². The lowest BCUT2D eigenvalue weighted by molar-refractivity contribution is -0.137. The number of hydrogen-bond donors (Lipinski definition) is 1. The molecule has 2 rings (SSSR count). The first kappa shape index (κ1) is 7.56. The molecule has 0 amide bonds. The van der Waals surface area contributed by atoms with Crippen LogP contribution < -0.4 is 5.32 Å². The highest BCUT2D eigenvalue weighted by molar-refractivity contribution is 4.90. The summed E-state index contributed by atoms with van der Waals surface area (Å²) in [6, 6.07) is 0. The zero-order valence-electron chi connectivity index (χ0n) is 7.23. The summed E-state index contributed by atoms with van der Waals surface area (Å²) in [6.07, 6.45) is 2.74. The van der Waals surface area contributed by atoms with Crippen LogP contribution in [0.1, 0.15) is 19.8 Å². The van der Waals surface area contributed by atoms with E-state index >= 15 is 0 Å². The Hall–Kier alpha value is -0.0800. The summed E-state index contributed by atoms with van der Waals surface area (Å²) >= 11 is 0. The van der Waals surface area contributed by atoms with Crippen molar-refractivity contribution in [1.82, 2.24) is 5.32 Å². The van der Waals surface area contributed by atoms with Gasteiger partial charge in [0.15, 0.2) is 0 Å². The normalized spacial score (nSPS) is 36.3. The van der Waals surface area contributed by atoms with E-state index in [0.29, 0.717) is 5.41 Å². The first-order valence-electron chi connectivity index (χ1n) is 4.60. The molecule has 2 saturated heterocycles. The molecule has 2 heterocycles. The molecule has 0 radical (unpaired) electrons. The Bertz CT molecular complexity index is 136. The second-order valence-electron chi connectivity index (χ2n) is 4.19. The van der Waals surface area contributed by atoms with Gasteiger partial charge < -0.3 is 10.1 Å². The molecule has 0 aromatic heterocycles. The van der Waals surface area contributed by atoms with Crippen LogP contribution in [0.4, 0.5) is 0 Å². The Kier molecular flexibility index (Phi) is 1.90. The molecule has 0 aromatic carbocycles. The summed E-state index contributed by atoms with van der Waals surface area (Å²) in [4.78, 5) is 0. The topological polar surface area (TPSA) is 21.3 Å². The number of rotatable bonds is 1. The monoisotopic (exact) mass is 155 g/mol. The van der Waals surface area contributed by atoms with Gasteiger partial charge in [-0.1, -0.05) is 6.92 Å². The van der Waals surface area contributed by atoms with Crippen LogP contribution >= 0.6 is 0 Å². The molecule has 1 N–H and O–H groups in total. The summed E-state index contributed by atoms with van der Waals surface area (Å²) in [5.41, 5.74) is 0.507. The van der Waals surface area contributed by atoms with Crippen molar-refractivity contribution in [2.75, 3.05) is 26.3 Å². The number of piperidine rings is 1. The molecule has 2 heteroatoms. The molecule has 2 aliphatic heterocycles. The fourth-order valence-electron chi connectivity index (χ4n) is 2.11. The lowest BCUT2D eigenvalue weighted by Gasteiger charge is -2.46. The Morgan fingerprint density at radius 2 is 2.27 bits per heavy atom. The van der Waals surface area contributed by atoms with Crippen molar-refractivity contribution in [3.05, 3.63) is 0 Å². The highest BCUT2D eigenvalue weighted by Crippen LogP contribution is 2.38. The van der Waals surface area contributed by atoms with Gasteiger partial charge in [0.1, 0.15) is 0 Å². The van der Waals surface area contributed by atoms with Crippen molar-refractivity contribution >= 4 is 0 Å². The quantitative estimate of drug-likeness (QED) is 0.610. The number of hydrogen-bond acceptors (Lipinski definition) is 2. The molecule has 2 aliphatic rings. The molecule has 2 fully saturated rings. The SMILES string of the molecule is CC1(C2CCCNC2)COC1. The molecule has 0 aromatic rings. The van der Waals surface area contributed by atoms with Crippen molar-refractivity contribution in [2.45, 2.75) is 19.8 Å². The largest absolute Gasteiger partial charge is 0.380 e. The lowest BCUT2D eigenvalue weighted by Crippen LogP contribution is -2.50. The lowest BCUT2D eigenvalue weighted by atomic mass is 9.72. The van der Waals surface area contributed by atoms with E-state index in [1.807, 2.05) is 0 Å². The fourth-order valence-corrected chi connectivity index (χ4v) is 2.11. The van der Waals surface area contributed by atoms with E-state index < -0.39 is 0 Å². The zero-order chi connectivity index (χ0) is 7.73. The van der Waals surface area contributed by atoms with Gasteiger partial charge >= 0.3 is 0 Å². The van der Waals surface area contributed by atoms with E-state index in [1.165, 1.54) is 25.9 Å². The molecule has 0 saturated carbocycles. The van der Waals surface area contributed by atoms with Crippen molar-refractivity contribution in [3.8, 4) is 0 Å². The molecular weight excluding hydrogens is 138 g/mol. The van der Waals surface area contributed by atoms with Crippen LogP contribution in [0.25, 0.3) is 0 Å². The Morgan fingerprint density at radius 3 is 2.73 bits per heavy atom. The van der Waals surface area contributed by atoms with Gasteiger partial charge in [-0.15, -0.1) is 0 Å². The zero-order valence-corrected chi connectivity index (χ0v) is 7.23. The molecule has 1 atom stereocenters. The molecule has 0 bridgehead atoms. The molecule has 1 unspecified atom stereocenters. The van der Waals surface area contributed by atoms with E-state index in [1.54, 1.807) is 0 Å². The van der Waals surface area contributed by atoms with Gasteiger partial charge in [0.25, 0.3) is 0 Å². The van der Waals surface area contributed by atoms with Gasteiger partial charge in [0.05, 0.1) is 13.2 Å². The van der Waals surface area contributed by atoms with Crippen LogP contribution in [0.2, 0.25) is 0 Å². The Balaban J connectivity index is 1.91. The van der Waals surface area contributed by atoms with Crippen LogP contribution in [-0.4, -0.2) is 26.3 Å². The van der Waals surface area contributed by atoms with E-state index in [4.69, 9.17) is 4.74 Å². The average molecular weight is 155 g/mol. The maximum atomic E-state index is 5.26. The third-order valence-corrected chi connectivity index (χ3v) is 3.15. The van der Waals surface area contributed by atoms with Crippen molar-refractivity contribution in [1.29, 1.82) is 0 Å². The molecule has 11 heavy (non-hydrogen) atoms. The Labute approximate surface area is 68.3 Å². The third kappa shape index (κ3) is 1.30. The van der Waals surface area contributed by atoms with Crippen LogP contribution in [-0.2, 0) is 4.74 Å². The number of nitrogens with one attached hydrogen (secondary N) is 1. The first-order chi connectivity index (χ1) is 5.31. The highest BCUT2D eigenvalue weighted by Gasteiger charge is 2.41. The maximum Gasteiger partial charge on any atom is 0.0545 e. The van der Waals surface area contributed by atoms with Gasteiger partial charge in [0.2, 0.25) is 0 Å². The van der Waals surface area contributed by atoms with E-state index in [-0.39, 0.29) is 0 Å². The summed E-state index contributed by atoms with van der Waals surface area (Å²) in [7, 11) is 0. The van der Waals surface area contributed by atoms with Crippen LogP contribution in [0, 0.1) is 11.3 Å². The minimum absolute atomic E-state index is 0.507. The van der Waals surface area contributed by atoms with Gasteiger partial charge in [0, 0.05) is 5.41 Å². The van der Waals surface area contributed by atoms with Gasteiger partial charge in [-0.3, -0.25) is 0 Å². The van der Waals surface area contributed by atoms with Gasteiger partial charge in [-0.05, 0) is 31.8 Å². The predicted molar refractivity (Wildman–Crippen MR) is 44.5 cm³/mol. The van der Waals surface area contributed by atoms with E-state index in [0.717, 1.165) is 19.1 Å². The van der Waals surface area contributed by atoms with Crippen LogP contribution in [0.5, 0.6) is 0 Å². The van der Waals surface area contributed by atoms with E-state index in [9.17, 15) is 0 Å². The first-order valence-corrected chi connectivity index (χ1v) is 4.60. The van der Waals surface area contributed by atoms with Crippen molar-refractivity contribution < 1.29 is 4.74 Å². The fraction of sp³-hybridized carbons (Fsp3) is 1.00. The summed E-state index contributed by atoms with van der Waals surface area (Å²) in [5.74, 6) is 0.866. The minimum atomic E-state index is 0.507. The minimum Gasteiger partial charge on any atom is -0.380 e. The van der Waals surface area contributed by atoms with Crippen molar-refractivity contribution in [2.24, 2.45) is 11.3 Å². The molecule has 64 valence electrons. The molecule has 0 aliphatic carbocycles. The summed E-state index contributed by atoms with van der Waals surface area (Å²) in [5, 5.41) is 3.45. The van der Waals surface area contributed by atoms with Gasteiger partial charge in [-0.25, -0.2) is 0 Å². The Morgan fingerprint density at radius 1 is 1.45 bits per heavy atom. The molecule has 2 nitrogen and oxygen atoms in total. The predicted octanol–water partition coefficient (Wildman–Crippen LogP) is 1.02. The van der Waals surface area contributed by atoms with Crippen LogP contribution in [0.15, 0.2) is 0 Å². The standard InChI is InChI=1S/C9H17NO/c1-9(6-11-7-9)8-3-2-4-10-5-8/h8,10H,2-7H2,1H3. The second kappa shape index (κ2) is 2.76. The second-order valence-corrected chi connectivity index (χ2v) is 4.19. The number of ether oxygens (including phenoxy) is 1. The summed E-state index contributed by atoms with van der Waals surface area (Å²) in [6.45, 7) is 6.75.